The fourth-order valence-corrected chi connectivity index (χ4v) is 6.27. The van der Waals surface area contributed by atoms with Gasteiger partial charge in [-0.15, -0.1) is 11.3 Å². The zero-order valence-electron chi connectivity index (χ0n) is 14.2. The largest absolute Gasteiger partial charge is 0.373 e. The van der Waals surface area contributed by atoms with E-state index in [1.807, 2.05) is 35.7 Å². The molecule has 0 saturated carbocycles. The molecular weight excluding hydrogens is 372 g/mol. The van der Waals surface area contributed by atoms with E-state index in [0.717, 1.165) is 16.3 Å². The highest BCUT2D eigenvalue weighted by Crippen LogP contribution is 2.26. The predicted octanol–water partition coefficient (Wildman–Crippen LogP) is 1.77. The number of morpholine rings is 1. The molecule has 2 aliphatic rings. The van der Waals surface area contributed by atoms with E-state index in [0.29, 0.717) is 26.0 Å². The minimum absolute atomic E-state index is 0.0122. The van der Waals surface area contributed by atoms with Crippen LogP contribution in [0.15, 0.2) is 35.7 Å². The van der Waals surface area contributed by atoms with Crippen molar-refractivity contribution in [2.75, 3.05) is 24.7 Å². The Hall–Kier alpha value is -1.77. The Bertz CT molecular complexity index is 895. The van der Waals surface area contributed by atoms with Crippen molar-refractivity contribution in [1.29, 1.82) is 0 Å². The molecule has 2 aromatic rings. The van der Waals surface area contributed by atoms with Crippen molar-refractivity contribution in [2.45, 2.75) is 25.0 Å². The van der Waals surface area contributed by atoms with Gasteiger partial charge < -0.3 is 9.64 Å². The molecule has 2 saturated heterocycles. The number of hydrogen-bond donors (Lipinski definition) is 0. The van der Waals surface area contributed by atoms with E-state index >= 15 is 0 Å². The molecule has 0 aliphatic carbocycles. The van der Waals surface area contributed by atoms with Crippen LogP contribution in [-0.4, -0.2) is 61.0 Å². The van der Waals surface area contributed by atoms with Gasteiger partial charge in [-0.25, -0.2) is 13.4 Å². The van der Waals surface area contributed by atoms with E-state index in [2.05, 4.69) is 4.98 Å². The summed E-state index contributed by atoms with van der Waals surface area (Å²) < 4.78 is 29.3. The molecule has 2 aliphatic heterocycles. The highest BCUT2D eigenvalue weighted by atomic mass is 32.2. The fraction of sp³-hybridized carbons (Fsp3) is 0.444. The number of carbonyl (C=O) groups is 1. The topological polar surface area (TPSA) is 76.6 Å². The van der Waals surface area contributed by atoms with Crippen molar-refractivity contribution >= 4 is 27.1 Å². The Labute approximate surface area is 156 Å². The lowest BCUT2D eigenvalue weighted by Crippen LogP contribution is -2.53. The van der Waals surface area contributed by atoms with Crippen LogP contribution in [0.5, 0.6) is 0 Å². The molecule has 2 fully saturated rings. The number of nitrogens with zero attached hydrogens (tertiary/aromatic N) is 2. The van der Waals surface area contributed by atoms with Crippen LogP contribution in [0.1, 0.15) is 12.1 Å². The first-order valence-electron chi connectivity index (χ1n) is 8.63. The van der Waals surface area contributed by atoms with Crippen LogP contribution in [0.4, 0.5) is 0 Å². The molecule has 6 nitrogen and oxygen atoms in total. The molecule has 138 valence electrons. The molecule has 8 heteroatoms. The van der Waals surface area contributed by atoms with Crippen LogP contribution in [0.2, 0.25) is 0 Å². The van der Waals surface area contributed by atoms with Crippen LogP contribution >= 0.6 is 11.3 Å². The molecule has 2 atom stereocenters. The normalized spacial score (nSPS) is 24.4. The molecule has 1 aromatic carbocycles. The second-order valence-corrected chi connectivity index (χ2v) is 9.66. The van der Waals surface area contributed by atoms with Crippen molar-refractivity contribution in [3.63, 3.8) is 0 Å². The van der Waals surface area contributed by atoms with Gasteiger partial charge in [0, 0.05) is 23.9 Å². The summed E-state index contributed by atoms with van der Waals surface area (Å²) in [5, 5.41) is 2.93. The van der Waals surface area contributed by atoms with Crippen LogP contribution in [0.3, 0.4) is 0 Å². The minimum atomic E-state index is -3.12. The first kappa shape index (κ1) is 17.6. The van der Waals surface area contributed by atoms with Gasteiger partial charge in [-0.1, -0.05) is 30.3 Å². The van der Waals surface area contributed by atoms with Crippen molar-refractivity contribution < 1.29 is 17.9 Å². The number of ether oxygens (including phenoxy) is 1. The Morgan fingerprint density at radius 1 is 1.27 bits per heavy atom. The number of amides is 1. The number of benzene rings is 1. The quantitative estimate of drug-likeness (QED) is 0.793. The van der Waals surface area contributed by atoms with E-state index in [4.69, 9.17) is 4.74 Å². The average molecular weight is 393 g/mol. The first-order chi connectivity index (χ1) is 12.5. The number of hydrogen-bond acceptors (Lipinski definition) is 6. The number of carbonyl (C=O) groups excluding carboxylic acids is 1. The molecule has 0 spiro atoms. The van der Waals surface area contributed by atoms with Crippen molar-refractivity contribution in [2.24, 2.45) is 0 Å². The van der Waals surface area contributed by atoms with Crippen molar-refractivity contribution in [3.8, 4) is 10.6 Å². The summed E-state index contributed by atoms with van der Waals surface area (Å²) in [4.78, 5) is 19.0. The van der Waals surface area contributed by atoms with Crippen LogP contribution < -0.4 is 0 Å². The zero-order chi connectivity index (χ0) is 18.1. The van der Waals surface area contributed by atoms with E-state index in [-0.39, 0.29) is 29.6 Å². The summed E-state index contributed by atoms with van der Waals surface area (Å²) in [6, 6.07) is 9.62. The standard InChI is InChI=1S/C18H20N2O4S2/c21-17(20-8-9-24-16-12-26(22,23)11-15(16)20)7-6-14-10-25-18(19-14)13-4-2-1-3-5-13/h1-5,10,15-16H,6-9,11-12H2. The molecule has 3 heterocycles. The molecule has 1 amide bonds. The second kappa shape index (κ2) is 7.09. The summed E-state index contributed by atoms with van der Waals surface area (Å²) in [7, 11) is -3.12. The van der Waals surface area contributed by atoms with E-state index in [1.165, 1.54) is 0 Å². The summed E-state index contributed by atoms with van der Waals surface area (Å²) in [6.45, 7) is 0.860. The number of rotatable bonds is 4. The second-order valence-electron chi connectivity index (χ2n) is 6.65. The number of aryl methyl sites for hydroxylation is 1. The third-order valence-electron chi connectivity index (χ3n) is 4.82. The molecule has 0 bridgehead atoms. The van der Waals surface area contributed by atoms with Gasteiger partial charge >= 0.3 is 0 Å². The summed E-state index contributed by atoms with van der Waals surface area (Å²) in [5.41, 5.74) is 1.97. The number of thiazole rings is 1. The van der Waals surface area contributed by atoms with Gasteiger partial charge in [0.25, 0.3) is 0 Å². The molecule has 1 aromatic heterocycles. The Balaban J connectivity index is 1.39. The van der Waals surface area contributed by atoms with Crippen LogP contribution in [0, 0.1) is 0 Å². The van der Waals surface area contributed by atoms with Gasteiger partial charge in [-0.05, 0) is 6.42 Å². The summed E-state index contributed by atoms with van der Waals surface area (Å²) in [5.74, 6) is 0.0151. The number of fused-ring (bicyclic) bond motifs is 1. The van der Waals surface area contributed by atoms with Gasteiger partial charge in [0.15, 0.2) is 9.84 Å². The Kier molecular flexibility index (Phi) is 4.81. The molecule has 26 heavy (non-hydrogen) atoms. The lowest BCUT2D eigenvalue weighted by molar-refractivity contribution is -0.142. The van der Waals surface area contributed by atoms with E-state index < -0.39 is 9.84 Å². The molecular formula is C18H20N2O4S2. The smallest absolute Gasteiger partial charge is 0.223 e. The SMILES string of the molecule is O=C(CCc1csc(-c2ccccc2)n1)N1CCOC2CS(=O)(=O)CC21. The lowest BCUT2D eigenvalue weighted by atomic mass is 10.1. The van der Waals surface area contributed by atoms with E-state index in [9.17, 15) is 13.2 Å². The minimum Gasteiger partial charge on any atom is -0.373 e. The third-order valence-corrected chi connectivity index (χ3v) is 7.45. The van der Waals surface area contributed by atoms with Crippen LogP contribution in [0.25, 0.3) is 10.6 Å². The molecule has 4 rings (SSSR count). The summed E-state index contributed by atoms with van der Waals surface area (Å²) >= 11 is 1.57. The van der Waals surface area contributed by atoms with Gasteiger partial charge in [-0.2, -0.15) is 0 Å². The highest BCUT2D eigenvalue weighted by molar-refractivity contribution is 7.91. The first-order valence-corrected chi connectivity index (χ1v) is 11.3. The number of aromatic nitrogens is 1. The lowest BCUT2D eigenvalue weighted by Gasteiger charge is -2.36. The third kappa shape index (κ3) is 3.67. The fourth-order valence-electron chi connectivity index (χ4n) is 3.54. The maximum atomic E-state index is 12.7. The maximum absolute atomic E-state index is 12.7. The highest BCUT2D eigenvalue weighted by Gasteiger charge is 2.45. The summed E-state index contributed by atoms with van der Waals surface area (Å²) in [6.07, 6.45) is 0.520. The van der Waals surface area contributed by atoms with Crippen molar-refractivity contribution in [3.05, 3.63) is 41.4 Å². The van der Waals surface area contributed by atoms with Gasteiger partial charge in [0.2, 0.25) is 5.91 Å². The zero-order valence-corrected chi connectivity index (χ0v) is 15.8. The molecule has 0 N–H and O–H groups in total. The monoisotopic (exact) mass is 392 g/mol. The van der Waals surface area contributed by atoms with E-state index in [1.54, 1.807) is 16.2 Å². The maximum Gasteiger partial charge on any atom is 0.223 e. The van der Waals surface area contributed by atoms with Crippen LogP contribution in [-0.2, 0) is 25.8 Å². The molecule has 2 unspecified atom stereocenters. The molecule has 0 radical (unpaired) electrons. The number of sulfone groups is 1. The average Bonchev–Trinajstić information content (AvgIpc) is 3.22. The predicted molar refractivity (Wildman–Crippen MR) is 99.8 cm³/mol. The Morgan fingerprint density at radius 2 is 2.08 bits per heavy atom. The van der Waals surface area contributed by atoms with Gasteiger partial charge in [0.1, 0.15) is 5.01 Å². The van der Waals surface area contributed by atoms with Crippen molar-refractivity contribution in [1.82, 2.24) is 9.88 Å². The van der Waals surface area contributed by atoms with Gasteiger partial charge in [0.05, 0.1) is 36.0 Å². The van der Waals surface area contributed by atoms with Gasteiger partial charge in [-0.3, -0.25) is 4.79 Å². The Morgan fingerprint density at radius 3 is 2.88 bits per heavy atom.